The van der Waals surface area contributed by atoms with Gasteiger partial charge in [0.1, 0.15) is 5.75 Å². The van der Waals surface area contributed by atoms with Crippen LogP contribution in [0.25, 0.3) is 11.3 Å². The summed E-state index contributed by atoms with van der Waals surface area (Å²) in [5, 5.41) is 2.18. The van der Waals surface area contributed by atoms with Crippen LogP contribution in [0.3, 0.4) is 0 Å². The molecule has 5 heteroatoms. The standard InChI is InChI=1S/C21H22N2O2S/c1-24-18-11-9-16(10-12-18)20-15-26-21(22-17-6-3-2-4-7-17)23(20)14-19-8-5-13-25-19/h2-4,6-7,9-12,15,19H,5,8,13-14H2,1H3/t19-/m1/s1. The molecule has 0 unspecified atom stereocenters. The molecular formula is C21H22N2O2S. The van der Waals surface area contributed by atoms with Crippen molar-refractivity contribution in [3.63, 3.8) is 0 Å². The number of benzene rings is 2. The Morgan fingerprint density at radius 2 is 1.96 bits per heavy atom. The first-order chi connectivity index (χ1) is 12.8. The molecule has 0 bridgehead atoms. The maximum absolute atomic E-state index is 5.88. The van der Waals surface area contributed by atoms with Crippen molar-refractivity contribution in [1.29, 1.82) is 0 Å². The average Bonchev–Trinajstić information content (AvgIpc) is 3.34. The van der Waals surface area contributed by atoms with E-state index >= 15 is 0 Å². The highest BCUT2D eigenvalue weighted by molar-refractivity contribution is 7.07. The van der Waals surface area contributed by atoms with Gasteiger partial charge in [-0.25, -0.2) is 4.99 Å². The number of hydrogen-bond donors (Lipinski definition) is 0. The number of rotatable bonds is 5. The van der Waals surface area contributed by atoms with E-state index in [1.165, 1.54) is 5.69 Å². The quantitative estimate of drug-likeness (QED) is 0.660. The van der Waals surface area contributed by atoms with Crippen molar-refractivity contribution in [2.75, 3.05) is 13.7 Å². The molecule has 4 rings (SSSR count). The van der Waals surface area contributed by atoms with E-state index in [2.05, 4.69) is 22.1 Å². The molecule has 2 aromatic carbocycles. The molecule has 1 saturated heterocycles. The lowest BCUT2D eigenvalue weighted by atomic mass is 10.1. The molecule has 1 aromatic heterocycles. The van der Waals surface area contributed by atoms with E-state index in [4.69, 9.17) is 14.5 Å². The van der Waals surface area contributed by atoms with Crippen molar-refractivity contribution in [3.8, 4) is 17.0 Å². The third-order valence-corrected chi connectivity index (χ3v) is 5.44. The average molecular weight is 366 g/mol. The van der Waals surface area contributed by atoms with Crippen LogP contribution in [-0.4, -0.2) is 24.4 Å². The monoisotopic (exact) mass is 366 g/mol. The van der Waals surface area contributed by atoms with E-state index in [-0.39, 0.29) is 6.10 Å². The minimum absolute atomic E-state index is 0.260. The summed E-state index contributed by atoms with van der Waals surface area (Å²) >= 11 is 1.67. The summed E-state index contributed by atoms with van der Waals surface area (Å²) in [5.74, 6) is 0.865. The maximum Gasteiger partial charge on any atom is 0.190 e. The summed E-state index contributed by atoms with van der Waals surface area (Å²) in [5.41, 5.74) is 3.30. The highest BCUT2D eigenvalue weighted by atomic mass is 32.1. The molecule has 1 aliphatic rings. The van der Waals surface area contributed by atoms with Crippen LogP contribution >= 0.6 is 11.3 Å². The van der Waals surface area contributed by atoms with Crippen LogP contribution in [0.1, 0.15) is 12.8 Å². The molecule has 1 aliphatic heterocycles. The largest absolute Gasteiger partial charge is 0.497 e. The predicted octanol–water partition coefficient (Wildman–Crippen LogP) is 4.64. The number of hydrogen-bond acceptors (Lipinski definition) is 4. The first-order valence-corrected chi connectivity index (χ1v) is 9.75. The number of nitrogens with zero attached hydrogens (tertiary/aromatic N) is 2. The van der Waals surface area contributed by atoms with E-state index in [1.807, 2.05) is 42.5 Å². The zero-order valence-corrected chi connectivity index (χ0v) is 15.6. The van der Waals surface area contributed by atoms with Gasteiger partial charge in [-0.1, -0.05) is 18.2 Å². The van der Waals surface area contributed by atoms with Crippen molar-refractivity contribution in [2.24, 2.45) is 4.99 Å². The molecule has 0 spiro atoms. The van der Waals surface area contributed by atoms with Gasteiger partial charge in [0.15, 0.2) is 4.80 Å². The van der Waals surface area contributed by atoms with Crippen LogP contribution in [0.4, 0.5) is 5.69 Å². The highest BCUT2D eigenvalue weighted by Gasteiger charge is 2.19. The molecule has 4 nitrogen and oxygen atoms in total. The Hall–Kier alpha value is -2.37. The van der Waals surface area contributed by atoms with Gasteiger partial charge in [0.25, 0.3) is 0 Å². The third-order valence-electron chi connectivity index (χ3n) is 4.57. The molecule has 0 aliphatic carbocycles. The van der Waals surface area contributed by atoms with Crippen LogP contribution in [0.15, 0.2) is 65.0 Å². The molecule has 2 heterocycles. The fourth-order valence-corrected chi connectivity index (χ4v) is 4.13. The van der Waals surface area contributed by atoms with E-state index < -0.39 is 0 Å². The van der Waals surface area contributed by atoms with Crippen LogP contribution in [0.5, 0.6) is 5.75 Å². The highest BCUT2D eigenvalue weighted by Crippen LogP contribution is 2.25. The summed E-state index contributed by atoms with van der Waals surface area (Å²) in [4.78, 5) is 5.86. The van der Waals surface area contributed by atoms with Gasteiger partial charge >= 0.3 is 0 Å². The molecule has 0 radical (unpaired) electrons. The molecule has 134 valence electrons. The molecule has 3 aromatic rings. The summed E-state index contributed by atoms with van der Waals surface area (Å²) in [7, 11) is 1.69. The van der Waals surface area contributed by atoms with E-state index in [0.717, 1.165) is 47.8 Å². The van der Waals surface area contributed by atoms with Gasteiger partial charge in [-0.05, 0) is 54.8 Å². The van der Waals surface area contributed by atoms with Crippen LogP contribution in [0, 0.1) is 0 Å². The SMILES string of the molecule is COc1ccc(-c2csc(=Nc3ccccc3)n2C[C@H]2CCCO2)cc1. The zero-order chi connectivity index (χ0) is 17.8. The van der Waals surface area contributed by atoms with Crippen molar-refractivity contribution < 1.29 is 9.47 Å². The number of methoxy groups -OCH3 is 1. The van der Waals surface area contributed by atoms with E-state index in [1.54, 1.807) is 18.4 Å². The lowest BCUT2D eigenvalue weighted by Gasteiger charge is -2.14. The molecular weight excluding hydrogens is 344 g/mol. The van der Waals surface area contributed by atoms with Crippen LogP contribution in [0.2, 0.25) is 0 Å². The second kappa shape index (κ2) is 7.89. The van der Waals surface area contributed by atoms with E-state index in [0.29, 0.717) is 0 Å². The molecule has 0 N–H and O–H groups in total. The van der Waals surface area contributed by atoms with Gasteiger partial charge in [-0.15, -0.1) is 11.3 Å². The van der Waals surface area contributed by atoms with Gasteiger partial charge in [0.05, 0.1) is 31.1 Å². The summed E-state index contributed by atoms with van der Waals surface area (Å²) in [6.07, 6.45) is 2.50. The fraction of sp³-hybridized carbons (Fsp3) is 0.286. The van der Waals surface area contributed by atoms with Gasteiger partial charge in [0.2, 0.25) is 0 Å². The maximum atomic E-state index is 5.88. The Bertz CT molecular complexity index is 907. The topological polar surface area (TPSA) is 35.8 Å². The molecule has 26 heavy (non-hydrogen) atoms. The smallest absolute Gasteiger partial charge is 0.190 e. The van der Waals surface area contributed by atoms with Gasteiger partial charge in [-0.2, -0.15) is 0 Å². The minimum atomic E-state index is 0.260. The first-order valence-electron chi connectivity index (χ1n) is 8.87. The molecule has 1 atom stereocenters. The van der Waals surface area contributed by atoms with E-state index in [9.17, 15) is 0 Å². The Labute approximate surface area is 157 Å². The Morgan fingerprint density at radius 3 is 2.65 bits per heavy atom. The Kier molecular flexibility index (Phi) is 5.18. The number of thiazole rings is 1. The van der Waals surface area contributed by atoms with Gasteiger partial charge in [-0.3, -0.25) is 0 Å². The third kappa shape index (κ3) is 3.74. The number of ether oxygens (including phenoxy) is 2. The second-order valence-corrected chi connectivity index (χ2v) is 7.16. The van der Waals surface area contributed by atoms with Crippen LogP contribution < -0.4 is 9.54 Å². The summed E-state index contributed by atoms with van der Waals surface area (Å²) < 4.78 is 13.5. The van der Waals surface area contributed by atoms with Crippen molar-refractivity contribution >= 4 is 17.0 Å². The van der Waals surface area contributed by atoms with Gasteiger partial charge in [0, 0.05) is 12.0 Å². The Morgan fingerprint density at radius 1 is 1.15 bits per heavy atom. The predicted molar refractivity (Wildman–Crippen MR) is 105 cm³/mol. The second-order valence-electron chi connectivity index (χ2n) is 6.33. The molecule has 0 saturated carbocycles. The summed E-state index contributed by atoms with van der Waals surface area (Å²) in [6.45, 7) is 1.69. The van der Waals surface area contributed by atoms with Crippen molar-refractivity contribution in [3.05, 3.63) is 64.8 Å². The molecule has 1 fully saturated rings. The lowest BCUT2D eigenvalue weighted by Crippen LogP contribution is -2.24. The number of aromatic nitrogens is 1. The minimum Gasteiger partial charge on any atom is -0.497 e. The summed E-state index contributed by atoms with van der Waals surface area (Å²) in [6, 6.07) is 18.3. The molecule has 0 amide bonds. The Balaban J connectivity index is 1.76. The van der Waals surface area contributed by atoms with Gasteiger partial charge < -0.3 is 14.0 Å². The zero-order valence-electron chi connectivity index (χ0n) is 14.8. The fourth-order valence-electron chi connectivity index (χ4n) is 3.19. The van der Waals surface area contributed by atoms with Crippen LogP contribution in [-0.2, 0) is 11.3 Å². The van der Waals surface area contributed by atoms with Crippen molar-refractivity contribution in [2.45, 2.75) is 25.5 Å². The normalized spacial score (nSPS) is 17.6. The lowest BCUT2D eigenvalue weighted by molar-refractivity contribution is 0.0968. The van der Waals surface area contributed by atoms with Crippen molar-refractivity contribution in [1.82, 2.24) is 4.57 Å². The first kappa shape index (κ1) is 17.1. The number of para-hydroxylation sites is 1.